The number of nitrogens with zero attached hydrogens (tertiary/aromatic N) is 1. The minimum atomic E-state index is -3.74. The van der Waals surface area contributed by atoms with E-state index in [1.165, 1.54) is 23.5 Å². The minimum Gasteiger partial charge on any atom is -0.361 e. The number of aromatic amines is 1. The zero-order valence-electron chi connectivity index (χ0n) is 17.1. The van der Waals surface area contributed by atoms with Gasteiger partial charge in [0.05, 0.1) is 10.6 Å². The van der Waals surface area contributed by atoms with Crippen LogP contribution in [0.2, 0.25) is 0 Å². The van der Waals surface area contributed by atoms with Crippen molar-refractivity contribution in [2.24, 2.45) is 0 Å². The minimum absolute atomic E-state index is 0.119. The van der Waals surface area contributed by atoms with Gasteiger partial charge in [-0.3, -0.25) is 9.10 Å². The highest BCUT2D eigenvalue weighted by Gasteiger charge is 2.21. The maximum Gasteiger partial charge on any atom is 0.264 e. The zero-order valence-corrected chi connectivity index (χ0v) is 17.9. The summed E-state index contributed by atoms with van der Waals surface area (Å²) in [6, 6.07) is 23.1. The van der Waals surface area contributed by atoms with Gasteiger partial charge in [-0.05, 0) is 48.4 Å². The molecule has 0 atom stereocenters. The molecule has 0 radical (unpaired) electrons. The van der Waals surface area contributed by atoms with E-state index in [0.29, 0.717) is 24.2 Å². The summed E-state index contributed by atoms with van der Waals surface area (Å²) < 4.78 is 27.2. The van der Waals surface area contributed by atoms with Crippen molar-refractivity contribution in [1.82, 2.24) is 4.98 Å². The number of amides is 1. The molecule has 0 aliphatic rings. The van der Waals surface area contributed by atoms with Gasteiger partial charge in [-0.25, -0.2) is 8.42 Å². The molecule has 0 aliphatic carbocycles. The molecule has 0 saturated heterocycles. The monoisotopic (exact) mass is 433 g/mol. The topological polar surface area (TPSA) is 82.3 Å². The molecule has 2 N–H and O–H groups in total. The number of carbonyl (C=O) groups is 1. The SMILES string of the molecule is CN(c1ccccc1)S(=O)(=O)c1cccc(NC(=O)CCc2c[nH]c3ccccc23)c1. The Morgan fingerprint density at radius 2 is 1.71 bits per heavy atom. The molecule has 31 heavy (non-hydrogen) atoms. The third-order valence-electron chi connectivity index (χ3n) is 5.19. The van der Waals surface area contributed by atoms with E-state index in [1.807, 2.05) is 36.5 Å². The molecule has 158 valence electrons. The van der Waals surface area contributed by atoms with Gasteiger partial charge in [-0.2, -0.15) is 0 Å². The Labute approximate surface area is 181 Å². The van der Waals surface area contributed by atoms with Crippen LogP contribution in [0.5, 0.6) is 0 Å². The van der Waals surface area contributed by atoms with E-state index >= 15 is 0 Å². The van der Waals surface area contributed by atoms with Crippen molar-refractivity contribution in [2.45, 2.75) is 17.7 Å². The Kier molecular flexibility index (Phi) is 5.77. The van der Waals surface area contributed by atoms with E-state index in [-0.39, 0.29) is 10.8 Å². The fraction of sp³-hybridized carbons (Fsp3) is 0.125. The van der Waals surface area contributed by atoms with E-state index in [1.54, 1.807) is 36.4 Å². The second-order valence-corrected chi connectivity index (χ2v) is 9.21. The fourth-order valence-electron chi connectivity index (χ4n) is 3.48. The molecule has 7 heteroatoms. The molecule has 3 aromatic carbocycles. The summed E-state index contributed by atoms with van der Waals surface area (Å²) in [6.07, 6.45) is 2.80. The summed E-state index contributed by atoms with van der Waals surface area (Å²) in [6.45, 7) is 0. The molecule has 1 aromatic heterocycles. The van der Waals surface area contributed by atoms with Gasteiger partial charge in [-0.1, -0.05) is 42.5 Å². The van der Waals surface area contributed by atoms with Gasteiger partial charge >= 0.3 is 0 Å². The first-order valence-corrected chi connectivity index (χ1v) is 11.4. The van der Waals surface area contributed by atoms with Gasteiger partial charge in [0, 0.05) is 36.3 Å². The summed E-state index contributed by atoms with van der Waals surface area (Å²) in [4.78, 5) is 15.8. The number of fused-ring (bicyclic) bond motifs is 1. The summed E-state index contributed by atoms with van der Waals surface area (Å²) in [5, 5.41) is 3.92. The zero-order chi connectivity index (χ0) is 21.8. The third kappa shape index (κ3) is 4.46. The van der Waals surface area contributed by atoms with Gasteiger partial charge < -0.3 is 10.3 Å². The fourth-order valence-corrected chi connectivity index (χ4v) is 4.72. The molecule has 1 amide bonds. The number of hydrogen-bond acceptors (Lipinski definition) is 3. The van der Waals surface area contributed by atoms with Gasteiger partial charge in [0.1, 0.15) is 0 Å². The predicted octanol–water partition coefficient (Wildman–Crippen LogP) is 4.56. The summed E-state index contributed by atoms with van der Waals surface area (Å²) >= 11 is 0. The molecule has 0 spiro atoms. The Morgan fingerprint density at radius 3 is 2.52 bits per heavy atom. The van der Waals surface area contributed by atoms with Gasteiger partial charge in [0.15, 0.2) is 0 Å². The van der Waals surface area contributed by atoms with Crippen LogP contribution in [-0.2, 0) is 21.2 Å². The van der Waals surface area contributed by atoms with Crippen LogP contribution in [0.3, 0.4) is 0 Å². The van der Waals surface area contributed by atoms with Gasteiger partial charge in [0.2, 0.25) is 5.91 Å². The highest BCUT2D eigenvalue weighted by molar-refractivity contribution is 7.92. The van der Waals surface area contributed by atoms with Crippen LogP contribution >= 0.6 is 0 Å². The molecule has 0 unspecified atom stereocenters. The number of sulfonamides is 1. The van der Waals surface area contributed by atoms with Crippen molar-refractivity contribution >= 4 is 38.2 Å². The van der Waals surface area contributed by atoms with Crippen molar-refractivity contribution in [3.05, 3.63) is 90.6 Å². The molecule has 1 heterocycles. The number of H-pyrrole nitrogens is 1. The lowest BCUT2D eigenvalue weighted by Crippen LogP contribution is -2.26. The number of aryl methyl sites for hydroxylation is 1. The molecule has 4 rings (SSSR count). The van der Waals surface area contributed by atoms with Crippen molar-refractivity contribution < 1.29 is 13.2 Å². The lowest BCUT2D eigenvalue weighted by Gasteiger charge is -2.19. The van der Waals surface area contributed by atoms with E-state index in [0.717, 1.165) is 16.5 Å². The number of aromatic nitrogens is 1. The van der Waals surface area contributed by atoms with Crippen LogP contribution in [0.1, 0.15) is 12.0 Å². The second-order valence-electron chi connectivity index (χ2n) is 7.24. The molecular formula is C24H23N3O3S. The Hall–Kier alpha value is -3.58. The van der Waals surface area contributed by atoms with Crippen LogP contribution in [0, 0.1) is 0 Å². The lowest BCUT2D eigenvalue weighted by molar-refractivity contribution is -0.116. The average molecular weight is 434 g/mol. The van der Waals surface area contributed by atoms with E-state index in [4.69, 9.17) is 0 Å². The first-order chi connectivity index (χ1) is 14.9. The van der Waals surface area contributed by atoms with Crippen LogP contribution < -0.4 is 9.62 Å². The maximum absolute atomic E-state index is 13.0. The van der Waals surface area contributed by atoms with Gasteiger partial charge in [0.25, 0.3) is 10.0 Å². The number of rotatable bonds is 7. The lowest BCUT2D eigenvalue weighted by atomic mass is 10.1. The molecule has 0 fully saturated rings. The Bertz CT molecular complexity index is 1310. The van der Waals surface area contributed by atoms with Crippen LogP contribution in [-0.4, -0.2) is 26.4 Å². The molecule has 0 aliphatic heterocycles. The molecule has 4 aromatic rings. The Balaban J connectivity index is 1.45. The first-order valence-electron chi connectivity index (χ1n) is 9.94. The number of benzene rings is 3. The van der Waals surface area contributed by atoms with Crippen LogP contribution in [0.4, 0.5) is 11.4 Å². The number of anilines is 2. The largest absolute Gasteiger partial charge is 0.361 e. The van der Waals surface area contributed by atoms with Gasteiger partial charge in [-0.15, -0.1) is 0 Å². The van der Waals surface area contributed by atoms with Crippen molar-refractivity contribution in [3.63, 3.8) is 0 Å². The smallest absolute Gasteiger partial charge is 0.264 e. The quantitative estimate of drug-likeness (QED) is 0.448. The van der Waals surface area contributed by atoms with Crippen molar-refractivity contribution in [2.75, 3.05) is 16.7 Å². The van der Waals surface area contributed by atoms with Crippen molar-refractivity contribution in [3.8, 4) is 0 Å². The number of para-hydroxylation sites is 2. The predicted molar refractivity (Wildman–Crippen MR) is 124 cm³/mol. The number of nitrogens with one attached hydrogen (secondary N) is 2. The summed E-state index contributed by atoms with van der Waals surface area (Å²) in [7, 11) is -2.23. The normalized spacial score (nSPS) is 11.4. The molecule has 0 bridgehead atoms. The standard InChI is InChI=1S/C24H23N3O3S/c1-27(20-9-3-2-4-10-20)31(29,30)21-11-7-8-19(16-21)26-24(28)15-14-18-17-25-23-13-6-5-12-22(18)23/h2-13,16-17,25H,14-15H2,1H3,(H,26,28). The second kappa shape index (κ2) is 8.65. The average Bonchev–Trinajstić information content (AvgIpc) is 3.21. The third-order valence-corrected chi connectivity index (χ3v) is 6.97. The summed E-state index contributed by atoms with van der Waals surface area (Å²) in [5.74, 6) is -0.170. The van der Waals surface area contributed by atoms with Crippen LogP contribution in [0.15, 0.2) is 90.0 Å². The number of hydrogen-bond donors (Lipinski definition) is 2. The maximum atomic E-state index is 13.0. The Morgan fingerprint density at radius 1 is 0.968 bits per heavy atom. The first kappa shape index (κ1) is 20.7. The summed E-state index contributed by atoms with van der Waals surface area (Å²) in [5.41, 5.74) is 3.13. The van der Waals surface area contributed by atoms with Crippen molar-refractivity contribution in [1.29, 1.82) is 0 Å². The van der Waals surface area contributed by atoms with E-state index < -0.39 is 10.0 Å². The molecular weight excluding hydrogens is 410 g/mol. The van der Waals surface area contributed by atoms with E-state index in [2.05, 4.69) is 10.3 Å². The van der Waals surface area contributed by atoms with E-state index in [9.17, 15) is 13.2 Å². The van der Waals surface area contributed by atoms with Crippen LogP contribution in [0.25, 0.3) is 10.9 Å². The molecule has 0 saturated carbocycles. The molecule has 6 nitrogen and oxygen atoms in total. The number of carbonyl (C=O) groups excluding carboxylic acids is 1. The highest BCUT2D eigenvalue weighted by Crippen LogP contribution is 2.24. The highest BCUT2D eigenvalue weighted by atomic mass is 32.2.